The van der Waals surface area contributed by atoms with E-state index in [0.717, 1.165) is 16.7 Å². The monoisotopic (exact) mass is 293 g/mol. The lowest BCUT2D eigenvalue weighted by molar-refractivity contribution is 0.0671. The van der Waals surface area contributed by atoms with Crippen molar-refractivity contribution in [1.82, 2.24) is 9.55 Å². The first-order valence-corrected chi connectivity index (χ1v) is 6.56. The molecule has 0 spiro atoms. The summed E-state index contributed by atoms with van der Waals surface area (Å²) in [6.45, 7) is -0.585. The molecule has 3 N–H and O–H groups in total. The van der Waals surface area contributed by atoms with Gasteiger partial charge >= 0.3 is 6.55 Å². The maximum Gasteiger partial charge on any atom is 0.319 e. The Morgan fingerprint density at radius 2 is 2.29 bits per heavy atom. The van der Waals surface area contributed by atoms with Crippen LogP contribution in [-0.4, -0.2) is 15.5 Å². The van der Waals surface area contributed by atoms with E-state index in [9.17, 15) is 8.78 Å². The molecule has 1 heterocycles. The lowest BCUT2D eigenvalue weighted by Crippen LogP contribution is -2.23. The number of aliphatic imine (C=N–C) groups is 1. The minimum atomic E-state index is -2.63. The molecule has 2 aromatic rings. The first-order valence-electron chi connectivity index (χ1n) is 6.56. The predicted octanol–water partition coefficient (Wildman–Crippen LogP) is 2.77. The fraction of sp³-hybridized carbons (Fsp3) is 0.286. The molecule has 0 amide bonds. The Bertz CT molecular complexity index is 621. The summed E-state index contributed by atoms with van der Waals surface area (Å²) in [7, 11) is 0. The van der Waals surface area contributed by atoms with Gasteiger partial charge < -0.3 is 11.1 Å². The van der Waals surface area contributed by atoms with Crippen LogP contribution < -0.4 is 11.1 Å². The van der Waals surface area contributed by atoms with Crippen molar-refractivity contribution >= 4 is 11.6 Å². The van der Waals surface area contributed by atoms with Gasteiger partial charge in [-0.05, 0) is 24.1 Å². The minimum absolute atomic E-state index is 0.0103. The van der Waals surface area contributed by atoms with Crippen molar-refractivity contribution in [1.29, 1.82) is 0 Å². The van der Waals surface area contributed by atoms with Gasteiger partial charge in [-0.3, -0.25) is 4.57 Å². The number of guanidine groups is 1. The third kappa shape index (κ3) is 4.01. The molecule has 0 aliphatic carbocycles. The Balaban J connectivity index is 2.02. The molecule has 0 fully saturated rings. The van der Waals surface area contributed by atoms with Gasteiger partial charge in [-0.25, -0.2) is 9.98 Å². The molecule has 21 heavy (non-hydrogen) atoms. The number of benzene rings is 1. The van der Waals surface area contributed by atoms with Crippen LogP contribution in [0.5, 0.6) is 0 Å². The third-order valence-corrected chi connectivity index (χ3v) is 2.96. The summed E-state index contributed by atoms with van der Waals surface area (Å²) in [6.07, 6.45) is 3.44. The van der Waals surface area contributed by atoms with Crippen molar-refractivity contribution in [2.24, 2.45) is 10.7 Å². The van der Waals surface area contributed by atoms with Gasteiger partial charge in [0, 0.05) is 18.1 Å². The molecule has 0 saturated carbocycles. The van der Waals surface area contributed by atoms with E-state index in [2.05, 4.69) is 22.2 Å². The maximum atomic E-state index is 12.6. The van der Waals surface area contributed by atoms with Crippen molar-refractivity contribution in [2.75, 3.05) is 5.32 Å². The zero-order chi connectivity index (χ0) is 15.2. The molecular weight excluding hydrogens is 276 g/mol. The first kappa shape index (κ1) is 15.0. The molecule has 0 unspecified atom stereocenters. The Hall–Kier alpha value is -2.44. The molecule has 0 aliphatic rings. The van der Waals surface area contributed by atoms with Crippen molar-refractivity contribution < 1.29 is 8.78 Å². The highest BCUT2D eigenvalue weighted by atomic mass is 19.3. The number of anilines is 1. The lowest BCUT2D eigenvalue weighted by atomic mass is 10.1. The summed E-state index contributed by atoms with van der Waals surface area (Å²) in [4.78, 5) is 7.86. The summed E-state index contributed by atoms with van der Waals surface area (Å²) in [5.41, 5.74) is 7.73. The SMILES string of the molecule is CCc1cccc(NC(N)=NCc2nccn2C(F)F)c1. The highest BCUT2D eigenvalue weighted by molar-refractivity contribution is 5.92. The Kier molecular flexibility index (Phi) is 4.86. The number of rotatable bonds is 5. The van der Waals surface area contributed by atoms with Crippen LogP contribution in [0.2, 0.25) is 0 Å². The molecule has 112 valence electrons. The fourth-order valence-electron chi connectivity index (χ4n) is 1.86. The fourth-order valence-corrected chi connectivity index (χ4v) is 1.86. The molecule has 0 saturated heterocycles. The molecule has 0 aliphatic heterocycles. The predicted molar refractivity (Wildman–Crippen MR) is 78.2 cm³/mol. The molecule has 7 heteroatoms. The highest BCUT2D eigenvalue weighted by Crippen LogP contribution is 2.13. The Labute approximate surface area is 121 Å². The second-order valence-electron chi connectivity index (χ2n) is 4.41. The van der Waals surface area contributed by atoms with Crippen LogP contribution in [0.15, 0.2) is 41.7 Å². The number of nitrogens with one attached hydrogen (secondary N) is 1. The van der Waals surface area contributed by atoms with E-state index in [4.69, 9.17) is 5.73 Å². The van der Waals surface area contributed by atoms with Crippen molar-refractivity contribution in [3.63, 3.8) is 0 Å². The quantitative estimate of drug-likeness (QED) is 0.658. The standard InChI is InChI=1S/C14H17F2N5/c1-2-10-4-3-5-11(8-10)20-14(17)19-9-12-18-6-7-21(12)13(15)16/h3-8,13H,2,9H2,1H3,(H3,17,19,20). The second-order valence-corrected chi connectivity index (χ2v) is 4.41. The Morgan fingerprint density at radius 3 is 3.00 bits per heavy atom. The molecule has 2 rings (SSSR count). The van der Waals surface area contributed by atoms with Gasteiger partial charge in [-0.15, -0.1) is 0 Å². The zero-order valence-electron chi connectivity index (χ0n) is 11.6. The van der Waals surface area contributed by atoms with Crippen molar-refractivity contribution in [3.05, 3.63) is 48.0 Å². The number of nitrogens with zero attached hydrogens (tertiary/aromatic N) is 3. The molecular formula is C14H17F2N5. The van der Waals surface area contributed by atoms with Crippen LogP contribution in [0.3, 0.4) is 0 Å². The minimum Gasteiger partial charge on any atom is -0.370 e. The smallest absolute Gasteiger partial charge is 0.319 e. The van der Waals surface area contributed by atoms with E-state index in [-0.39, 0.29) is 18.3 Å². The van der Waals surface area contributed by atoms with Gasteiger partial charge in [0.15, 0.2) is 5.96 Å². The number of hydrogen-bond donors (Lipinski definition) is 2. The van der Waals surface area contributed by atoms with E-state index in [1.165, 1.54) is 18.0 Å². The third-order valence-electron chi connectivity index (χ3n) is 2.96. The van der Waals surface area contributed by atoms with E-state index < -0.39 is 6.55 Å². The van der Waals surface area contributed by atoms with Crippen molar-refractivity contribution in [3.8, 4) is 0 Å². The van der Waals surface area contributed by atoms with Gasteiger partial charge in [-0.1, -0.05) is 19.1 Å². The zero-order valence-corrected chi connectivity index (χ0v) is 11.6. The summed E-state index contributed by atoms with van der Waals surface area (Å²) in [6, 6.07) is 7.75. The summed E-state index contributed by atoms with van der Waals surface area (Å²) in [5, 5.41) is 2.93. The van der Waals surface area contributed by atoms with Gasteiger partial charge in [0.25, 0.3) is 0 Å². The summed E-state index contributed by atoms with van der Waals surface area (Å²) in [5.74, 6) is 0.323. The van der Waals surface area contributed by atoms with Crippen LogP contribution in [0, 0.1) is 0 Å². The normalized spacial score (nSPS) is 11.9. The largest absolute Gasteiger partial charge is 0.370 e. The van der Waals surface area contributed by atoms with E-state index >= 15 is 0 Å². The number of aromatic nitrogens is 2. The van der Waals surface area contributed by atoms with E-state index in [1.54, 1.807) is 0 Å². The summed E-state index contributed by atoms with van der Waals surface area (Å²) < 4.78 is 26.0. The maximum absolute atomic E-state index is 12.6. The van der Waals surface area contributed by atoms with Crippen LogP contribution in [0.4, 0.5) is 14.5 Å². The van der Waals surface area contributed by atoms with Gasteiger partial charge in [0.1, 0.15) is 12.4 Å². The Morgan fingerprint density at radius 1 is 1.48 bits per heavy atom. The molecule has 5 nitrogen and oxygen atoms in total. The number of halogens is 2. The number of aryl methyl sites for hydroxylation is 1. The first-order chi connectivity index (χ1) is 10.1. The average Bonchev–Trinajstić information content (AvgIpc) is 2.94. The van der Waals surface area contributed by atoms with Crippen LogP contribution in [0.1, 0.15) is 24.9 Å². The molecule has 1 aromatic carbocycles. The van der Waals surface area contributed by atoms with Crippen LogP contribution in [-0.2, 0) is 13.0 Å². The number of nitrogens with two attached hydrogens (primary N) is 1. The molecule has 0 radical (unpaired) electrons. The van der Waals surface area contributed by atoms with E-state index in [1.807, 2.05) is 24.3 Å². The lowest BCUT2D eigenvalue weighted by Gasteiger charge is -2.08. The number of imidazole rings is 1. The second kappa shape index (κ2) is 6.83. The van der Waals surface area contributed by atoms with Crippen molar-refractivity contribution in [2.45, 2.75) is 26.4 Å². The molecule has 1 aromatic heterocycles. The topological polar surface area (TPSA) is 68.2 Å². The highest BCUT2D eigenvalue weighted by Gasteiger charge is 2.10. The average molecular weight is 293 g/mol. The van der Waals surface area contributed by atoms with E-state index in [0.29, 0.717) is 0 Å². The van der Waals surface area contributed by atoms with Gasteiger partial charge in [0.2, 0.25) is 0 Å². The molecule has 0 atom stereocenters. The van der Waals surface area contributed by atoms with Crippen LogP contribution >= 0.6 is 0 Å². The number of alkyl halides is 2. The van der Waals surface area contributed by atoms with Crippen LogP contribution in [0.25, 0.3) is 0 Å². The van der Waals surface area contributed by atoms with Gasteiger partial charge in [-0.2, -0.15) is 8.78 Å². The van der Waals surface area contributed by atoms with Gasteiger partial charge in [0.05, 0.1) is 0 Å². The number of hydrogen-bond acceptors (Lipinski definition) is 2. The summed E-state index contributed by atoms with van der Waals surface area (Å²) >= 11 is 0. The molecule has 0 bridgehead atoms.